The monoisotopic (exact) mass is 1340 g/mol. The van der Waals surface area contributed by atoms with Crippen molar-refractivity contribution in [2.24, 2.45) is 10.2 Å². The molecule has 93 heavy (non-hydrogen) atoms. The van der Waals surface area contributed by atoms with E-state index in [1.165, 1.54) is 25.5 Å². The number of amides is 1. The molecule has 3 fully saturated rings. The van der Waals surface area contributed by atoms with E-state index in [1.807, 2.05) is 0 Å². The summed E-state index contributed by atoms with van der Waals surface area (Å²) in [4.78, 5) is 54.2. The third-order valence-electron chi connectivity index (χ3n) is 15.6. The molecule has 3 saturated heterocycles. The van der Waals surface area contributed by atoms with Crippen molar-refractivity contribution in [3.63, 3.8) is 0 Å². The second-order valence-corrected chi connectivity index (χ2v) is 23.1. The molecule has 528 valence electrons. The molecule has 3 aliphatic rings. The third-order valence-corrected chi connectivity index (χ3v) is 15.6. The molecule has 1 aromatic rings. The van der Waals surface area contributed by atoms with Gasteiger partial charge in [-0.15, -0.1) is 0 Å². The molecule has 29 nitrogen and oxygen atoms in total. The lowest BCUT2D eigenvalue weighted by Gasteiger charge is -2.36. The normalized spacial score (nSPS) is 25.3. The van der Waals surface area contributed by atoms with Crippen LogP contribution in [-0.2, 0) is 54.0 Å². The minimum atomic E-state index is -1.90. The fraction of sp³-hybridized carbons (Fsp3) is 0.733. The van der Waals surface area contributed by atoms with Crippen molar-refractivity contribution in [2.45, 2.75) is 240 Å². The van der Waals surface area contributed by atoms with Crippen molar-refractivity contribution in [1.29, 1.82) is 11.1 Å². The molecule has 1 unspecified atom stereocenters. The van der Waals surface area contributed by atoms with Gasteiger partial charge in [0.05, 0.1) is 49.5 Å². The van der Waals surface area contributed by atoms with Crippen molar-refractivity contribution in [1.82, 2.24) is 21.3 Å². The van der Waals surface area contributed by atoms with Gasteiger partial charge < -0.3 is 105 Å². The van der Waals surface area contributed by atoms with Gasteiger partial charge in [0.1, 0.15) is 80.7 Å². The Balaban J connectivity index is 1.41. The Morgan fingerprint density at radius 3 is 1.42 bits per heavy atom. The zero-order valence-electron chi connectivity index (χ0n) is 52.2. The Kier molecular flexibility index (Phi) is 36.2. The van der Waals surface area contributed by atoms with Gasteiger partial charge in [0.15, 0.2) is 29.5 Å². The number of halogens is 4. The van der Waals surface area contributed by atoms with Gasteiger partial charge in [-0.3, -0.25) is 19.2 Å². The Morgan fingerprint density at radius 1 is 0.570 bits per heavy atom. The van der Waals surface area contributed by atoms with Gasteiger partial charge in [-0.25, -0.2) is 24.2 Å². The minimum absolute atomic E-state index is 0.0320. The fourth-order valence-corrected chi connectivity index (χ4v) is 10.2. The van der Waals surface area contributed by atoms with Gasteiger partial charge >= 0.3 is 17.9 Å². The highest BCUT2D eigenvalue weighted by atomic mass is 19.2. The van der Waals surface area contributed by atoms with Crippen LogP contribution in [0.3, 0.4) is 0 Å². The summed E-state index contributed by atoms with van der Waals surface area (Å²) in [6, 6.07) is 0. The second-order valence-electron chi connectivity index (χ2n) is 23.1. The maximum atomic E-state index is 14.6. The maximum absolute atomic E-state index is 14.6. The average Bonchev–Trinajstić information content (AvgIpc) is 0.881. The molecule has 3 aliphatic heterocycles. The summed E-state index contributed by atoms with van der Waals surface area (Å²) >= 11 is 0. The number of aliphatic hydroxyl groups is 10. The first-order valence-corrected chi connectivity index (χ1v) is 31.4. The summed E-state index contributed by atoms with van der Waals surface area (Å²) in [7, 11) is 0. The predicted molar refractivity (Wildman–Crippen MR) is 316 cm³/mol. The molecule has 4 rings (SSSR count). The van der Waals surface area contributed by atoms with Crippen LogP contribution in [0.15, 0.2) is 46.3 Å². The summed E-state index contributed by atoms with van der Waals surface area (Å²) in [5.74, 6) is -11.0. The number of hydrogen-bond donors (Lipinski definition) is 16. The van der Waals surface area contributed by atoms with Gasteiger partial charge in [0.2, 0.25) is 11.7 Å². The van der Waals surface area contributed by atoms with E-state index in [1.54, 1.807) is 6.08 Å². The smallest absolute Gasteiger partial charge is 0.305 e. The van der Waals surface area contributed by atoms with Crippen molar-refractivity contribution < 1.29 is 121 Å². The molecule has 0 aliphatic carbocycles. The van der Waals surface area contributed by atoms with Crippen LogP contribution in [-0.4, -0.2) is 200 Å². The maximum Gasteiger partial charge on any atom is 0.305 e. The molecule has 0 radical (unpaired) electrons. The summed E-state index contributed by atoms with van der Waals surface area (Å²) in [6.07, 6.45) is -4.57. The molecule has 0 aromatic heterocycles. The molecule has 13 atom stereocenters. The van der Waals surface area contributed by atoms with Crippen LogP contribution < -0.4 is 26.0 Å². The highest BCUT2D eigenvalue weighted by molar-refractivity contribution is 5.77. The molecule has 1 aromatic carbocycles. The average molecular weight is 1340 g/mol. The van der Waals surface area contributed by atoms with Crippen LogP contribution in [0.25, 0.3) is 0 Å². The van der Waals surface area contributed by atoms with Gasteiger partial charge in [0, 0.05) is 69.3 Å². The largest absolute Gasteiger partial charge is 0.463 e. The SMILES string of the molecule is CCc1c(F)c(F)c(F)c(OC(O)CCCCCCCCCCC(=O)NC(COC(=O)CCC/C=C/N[C@H]2C[C@@H](O)[C@@H](O)[C@@H](CO)O2)(COC(=O)CCC/C(=C/N[C@H]2C[C@@H](O)[C@@H](O)[C@@H](CO)O2)N=N)COC(=O)CCC/C(=C/N[C@H]2C[C@@H](O)[C@@H](O)[C@@H](CO)O2)N=N)c1F. The van der Waals surface area contributed by atoms with Gasteiger partial charge in [0.25, 0.3) is 0 Å². The standard InChI is InChI=1S/C60H94F4N8O21/c1-2-37-52(61)54(63)55(64)59(53(37)62)93-51(83)20-11-8-6-4-3-5-7-10-18-44(79)70-60(32-87-48(80)19-12-9-13-23-67-45-24-38(76)56(84)41(29-73)90-45,33-88-49(81)21-14-16-35(71-65)27-68-46-25-39(77)57(85)42(30-74)91-46)34-89-50(82)22-15-17-36(72-66)28-69-47-26-40(78)58(86)43(31-75)92-47/h13,23,27-28,38-43,45-47,51,56-58,65-69,73-78,83-86H,2-12,14-22,24-26,29-34H2,1H3,(H,70,79)/b23-13+,35-27-,36-28-,71-65?,72-66?/t38-,39-,40-,41-,42-,43-,45-,46-,47-,51?,56-,57-,58-,60?/m1/s1. The Morgan fingerprint density at radius 2 is 0.989 bits per heavy atom. The number of nitrogens with one attached hydrogen (secondary N) is 6. The number of aliphatic hydroxyl groups excluding tert-OH is 10. The predicted octanol–water partition coefficient (Wildman–Crippen LogP) is 2.91. The van der Waals surface area contributed by atoms with Crippen LogP contribution in [0.5, 0.6) is 5.75 Å². The highest BCUT2D eigenvalue weighted by Crippen LogP contribution is 2.32. The zero-order chi connectivity index (χ0) is 68.5. The first kappa shape index (κ1) is 79.4. The van der Waals surface area contributed by atoms with Crippen molar-refractivity contribution in [3.05, 3.63) is 64.9 Å². The molecule has 16 N–H and O–H groups in total. The number of allylic oxidation sites excluding steroid dienone is 3. The van der Waals surface area contributed by atoms with E-state index in [4.69, 9.17) is 44.2 Å². The van der Waals surface area contributed by atoms with Gasteiger partial charge in [-0.1, -0.05) is 51.5 Å². The van der Waals surface area contributed by atoms with Crippen LogP contribution >= 0.6 is 0 Å². The number of nitrogens with zero attached hydrogens (tertiary/aromatic N) is 2. The number of esters is 3. The van der Waals surface area contributed by atoms with Crippen LogP contribution in [0, 0.1) is 34.3 Å². The van der Waals surface area contributed by atoms with Crippen LogP contribution in [0.4, 0.5) is 17.6 Å². The number of unbranched alkanes of at least 4 members (excludes halogenated alkanes) is 8. The van der Waals surface area contributed by atoms with Gasteiger partial charge in [-0.05, 0) is 64.0 Å². The Bertz CT molecular complexity index is 2510. The highest BCUT2D eigenvalue weighted by Gasteiger charge is 2.40. The van der Waals surface area contributed by atoms with Crippen molar-refractivity contribution in [2.75, 3.05) is 39.6 Å². The topological polar surface area (TPSA) is 456 Å². The minimum Gasteiger partial charge on any atom is -0.463 e. The van der Waals surface area contributed by atoms with E-state index in [9.17, 15) is 87.8 Å². The number of ether oxygens (including phenoxy) is 7. The van der Waals surface area contributed by atoms with Gasteiger partial charge in [-0.2, -0.15) is 14.6 Å². The quantitative estimate of drug-likeness (QED) is 0.00653. The number of carbonyl (C=O) groups excluding carboxylic acids is 4. The van der Waals surface area contributed by atoms with E-state index in [-0.39, 0.29) is 101 Å². The number of rotatable bonds is 44. The summed E-state index contributed by atoms with van der Waals surface area (Å²) in [5.41, 5.74) is 13.0. The fourth-order valence-electron chi connectivity index (χ4n) is 10.2. The lowest BCUT2D eigenvalue weighted by molar-refractivity contribution is -0.184. The molecule has 3 heterocycles. The number of hydrogen-bond acceptors (Lipinski definition) is 28. The van der Waals surface area contributed by atoms with E-state index in [2.05, 4.69) is 31.5 Å². The van der Waals surface area contributed by atoms with Crippen LogP contribution in [0.1, 0.15) is 154 Å². The summed E-state index contributed by atoms with van der Waals surface area (Å²) in [5, 5.41) is 118. The molecule has 1 amide bonds. The molecule has 0 bridgehead atoms. The molecular weight excluding hydrogens is 1240 g/mol. The molecule has 0 saturated carbocycles. The third kappa shape index (κ3) is 27.3. The Labute approximate surface area is 536 Å². The summed E-state index contributed by atoms with van der Waals surface area (Å²) < 4.78 is 95.6. The molecular formula is C60H94F4N8O21. The van der Waals surface area contributed by atoms with E-state index >= 15 is 0 Å². The lowest BCUT2D eigenvalue weighted by Crippen LogP contribution is -2.59. The van der Waals surface area contributed by atoms with E-state index in [0.717, 1.165) is 12.8 Å². The number of benzene rings is 1. The summed E-state index contributed by atoms with van der Waals surface area (Å²) in [6.45, 7) is -2.35. The molecule has 0 spiro atoms. The van der Waals surface area contributed by atoms with Crippen molar-refractivity contribution >= 4 is 23.8 Å². The first-order chi connectivity index (χ1) is 44.5. The zero-order valence-corrected chi connectivity index (χ0v) is 52.2. The van der Waals surface area contributed by atoms with Crippen molar-refractivity contribution in [3.8, 4) is 5.75 Å². The lowest BCUT2D eigenvalue weighted by atomic mass is 10.0. The second kappa shape index (κ2) is 42.4. The number of carbonyl (C=O) groups is 4. The molecule has 33 heteroatoms. The van der Waals surface area contributed by atoms with Crippen LogP contribution in [0.2, 0.25) is 0 Å². The Hall–Kier alpha value is -6.08. The first-order valence-electron chi connectivity index (χ1n) is 31.4. The van der Waals surface area contributed by atoms with E-state index in [0.29, 0.717) is 44.9 Å². The van der Waals surface area contributed by atoms with E-state index < -0.39 is 183 Å².